The lowest BCUT2D eigenvalue weighted by atomic mass is 10.1. The standard InChI is InChI=1S/C16H18N4O2.HI/c17-16(20-15-3-1-2-7-18-15)19-8-6-12-4-5-13-14(11-12)22-10-9-21-13;/h1-5,7,11H,6,8-10H2,(H3,17,18,19,20);1H. The first kappa shape index (κ1) is 17.3. The molecule has 0 fully saturated rings. The Bertz CT molecular complexity index is 664. The smallest absolute Gasteiger partial charge is 0.194 e. The second-order valence-electron chi connectivity index (χ2n) is 4.83. The maximum absolute atomic E-state index is 5.83. The van der Waals surface area contributed by atoms with E-state index in [1.54, 1.807) is 6.20 Å². The Kier molecular flexibility index (Phi) is 6.45. The highest BCUT2D eigenvalue weighted by Crippen LogP contribution is 2.30. The zero-order valence-corrected chi connectivity index (χ0v) is 14.9. The minimum atomic E-state index is 0. The van der Waals surface area contributed by atoms with Crippen LogP contribution in [0.4, 0.5) is 5.82 Å². The van der Waals surface area contributed by atoms with Gasteiger partial charge in [-0.05, 0) is 36.2 Å². The zero-order chi connectivity index (χ0) is 15.2. The van der Waals surface area contributed by atoms with E-state index in [1.165, 1.54) is 0 Å². The van der Waals surface area contributed by atoms with Crippen LogP contribution in [0.15, 0.2) is 47.6 Å². The SMILES string of the molecule is I.NC(=NCCc1ccc2c(c1)OCCO2)Nc1ccccn1. The van der Waals surface area contributed by atoms with Crippen molar-refractivity contribution >= 4 is 35.8 Å². The molecule has 23 heavy (non-hydrogen) atoms. The Morgan fingerprint density at radius 2 is 2.00 bits per heavy atom. The molecule has 0 atom stereocenters. The van der Waals surface area contributed by atoms with Gasteiger partial charge in [-0.3, -0.25) is 4.99 Å². The molecular weight excluding hydrogens is 407 g/mol. The second kappa shape index (κ2) is 8.56. The quantitative estimate of drug-likeness (QED) is 0.446. The third-order valence-electron chi connectivity index (χ3n) is 3.21. The number of ether oxygens (including phenoxy) is 2. The molecule has 2 aromatic rings. The van der Waals surface area contributed by atoms with Crippen molar-refractivity contribution in [2.45, 2.75) is 6.42 Å². The monoisotopic (exact) mass is 426 g/mol. The highest BCUT2D eigenvalue weighted by molar-refractivity contribution is 14.0. The average molecular weight is 426 g/mol. The number of pyridine rings is 1. The Hall–Kier alpha value is -2.03. The van der Waals surface area contributed by atoms with Crippen molar-refractivity contribution in [1.82, 2.24) is 4.98 Å². The highest BCUT2D eigenvalue weighted by atomic mass is 127. The summed E-state index contributed by atoms with van der Waals surface area (Å²) in [6.07, 6.45) is 2.48. The van der Waals surface area contributed by atoms with E-state index in [0.29, 0.717) is 31.5 Å². The predicted molar refractivity (Wildman–Crippen MR) is 101 cm³/mol. The summed E-state index contributed by atoms with van der Waals surface area (Å²) in [6.45, 7) is 1.78. The molecule has 2 heterocycles. The van der Waals surface area contributed by atoms with Crippen LogP contribution in [0.1, 0.15) is 5.56 Å². The van der Waals surface area contributed by atoms with Gasteiger partial charge < -0.3 is 20.5 Å². The molecule has 1 aromatic carbocycles. The van der Waals surface area contributed by atoms with E-state index in [4.69, 9.17) is 15.2 Å². The number of rotatable bonds is 4. The van der Waals surface area contributed by atoms with Crippen LogP contribution >= 0.6 is 24.0 Å². The topological polar surface area (TPSA) is 81.8 Å². The molecule has 0 spiro atoms. The maximum atomic E-state index is 5.83. The summed E-state index contributed by atoms with van der Waals surface area (Å²) in [7, 11) is 0. The van der Waals surface area contributed by atoms with Gasteiger partial charge in [0.25, 0.3) is 0 Å². The number of aliphatic imine (C=N–C) groups is 1. The minimum absolute atomic E-state index is 0. The molecule has 3 rings (SSSR count). The molecule has 1 aromatic heterocycles. The van der Waals surface area contributed by atoms with Gasteiger partial charge in [-0.2, -0.15) is 0 Å². The summed E-state index contributed by atoms with van der Waals surface area (Å²) in [5.41, 5.74) is 6.97. The molecule has 0 saturated carbocycles. The molecule has 122 valence electrons. The summed E-state index contributed by atoms with van der Waals surface area (Å²) in [5, 5.41) is 2.95. The van der Waals surface area contributed by atoms with Gasteiger partial charge >= 0.3 is 0 Å². The van der Waals surface area contributed by atoms with Gasteiger partial charge in [-0.1, -0.05) is 12.1 Å². The number of nitrogens with zero attached hydrogens (tertiary/aromatic N) is 2. The van der Waals surface area contributed by atoms with Crippen molar-refractivity contribution in [3.8, 4) is 11.5 Å². The van der Waals surface area contributed by atoms with E-state index >= 15 is 0 Å². The maximum Gasteiger partial charge on any atom is 0.194 e. The van der Waals surface area contributed by atoms with Crippen LogP contribution in [0.25, 0.3) is 0 Å². The number of benzene rings is 1. The fourth-order valence-corrected chi connectivity index (χ4v) is 2.16. The third-order valence-corrected chi connectivity index (χ3v) is 3.21. The van der Waals surface area contributed by atoms with Crippen LogP contribution < -0.4 is 20.5 Å². The van der Waals surface area contributed by atoms with E-state index in [9.17, 15) is 0 Å². The molecule has 0 unspecified atom stereocenters. The molecule has 0 saturated heterocycles. The fraction of sp³-hybridized carbons (Fsp3) is 0.250. The number of fused-ring (bicyclic) bond motifs is 1. The van der Waals surface area contributed by atoms with Crippen LogP contribution in [-0.2, 0) is 6.42 Å². The second-order valence-corrected chi connectivity index (χ2v) is 4.83. The lowest BCUT2D eigenvalue weighted by Crippen LogP contribution is -2.23. The van der Waals surface area contributed by atoms with Crippen molar-refractivity contribution < 1.29 is 9.47 Å². The number of aromatic nitrogens is 1. The molecular formula is C16H19IN4O2. The van der Waals surface area contributed by atoms with Crippen molar-refractivity contribution in [3.05, 3.63) is 48.2 Å². The molecule has 3 N–H and O–H groups in total. The van der Waals surface area contributed by atoms with E-state index in [2.05, 4.69) is 15.3 Å². The molecule has 1 aliphatic rings. The highest BCUT2D eigenvalue weighted by Gasteiger charge is 2.11. The van der Waals surface area contributed by atoms with Crippen LogP contribution in [0, 0.1) is 0 Å². The number of hydrogen-bond donors (Lipinski definition) is 2. The van der Waals surface area contributed by atoms with Gasteiger partial charge in [0.15, 0.2) is 17.5 Å². The van der Waals surface area contributed by atoms with Gasteiger partial charge in [0.1, 0.15) is 19.0 Å². The lowest BCUT2D eigenvalue weighted by molar-refractivity contribution is 0.171. The summed E-state index contributed by atoms with van der Waals surface area (Å²) in [4.78, 5) is 8.43. The van der Waals surface area contributed by atoms with Crippen LogP contribution in [0.5, 0.6) is 11.5 Å². The van der Waals surface area contributed by atoms with Gasteiger partial charge in [-0.25, -0.2) is 4.98 Å². The number of hydrogen-bond acceptors (Lipinski definition) is 4. The molecule has 1 aliphatic heterocycles. The number of nitrogens with one attached hydrogen (secondary N) is 1. The summed E-state index contributed by atoms with van der Waals surface area (Å²) < 4.78 is 11.1. The Morgan fingerprint density at radius 1 is 1.17 bits per heavy atom. The Labute approximate surface area is 152 Å². The fourth-order valence-electron chi connectivity index (χ4n) is 2.16. The van der Waals surface area contributed by atoms with Crippen LogP contribution in [0.2, 0.25) is 0 Å². The van der Waals surface area contributed by atoms with Crippen LogP contribution in [0.3, 0.4) is 0 Å². The molecule has 0 radical (unpaired) electrons. The van der Waals surface area contributed by atoms with Crippen molar-refractivity contribution in [3.63, 3.8) is 0 Å². The average Bonchev–Trinajstić information content (AvgIpc) is 2.55. The number of anilines is 1. The van der Waals surface area contributed by atoms with Gasteiger partial charge in [-0.15, -0.1) is 24.0 Å². The number of halogens is 1. The van der Waals surface area contributed by atoms with E-state index in [1.807, 2.05) is 36.4 Å². The summed E-state index contributed by atoms with van der Waals surface area (Å²) >= 11 is 0. The summed E-state index contributed by atoms with van der Waals surface area (Å²) in [6, 6.07) is 11.5. The molecule has 7 heteroatoms. The first-order chi connectivity index (χ1) is 10.8. The van der Waals surface area contributed by atoms with Crippen LogP contribution in [-0.4, -0.2) is 30.7 Å². The molecule has 6 nitrogen and oxygen atoms in total. The summed E-state index contributed by atoms with van der Waals surface area (Å²) in [5.74, 6) is 2.64. The van der Waals surface area contributed by atoms with E-state index in [0.717, 1.165) is 23.5 Å². The minimum Gasteiger partial charge on any atom is -0.486 e. The van der Waals surface area contributed by atoms with Gasteiger partial charge in [0, 0.05) is 12.7 Å². The number of nitrogens with two attached hydrogens (primary N) is 1. The Balaban J connectivity index is 0.00000192. The lowest BCUT2D eigenvalue weighted by Gasteiger charge is -2.18. The normalized spacial score (nSPS) is 13.1. The van der Waals surface area contributed by atoms with Gasteiger partial charge in [0.05, 0.1) is 0 Å². The van der Waals surface area contributed by atoms with Gasteiger partial charge in [0.2, 0.25) is 0 Å². The third kappa shape index (κ3) is 4.98. The first-order valence-electron chi connectivity index (χ1n) is 7.18. The van der Waals surface area contributed by atoms with E-state index < -0.39 is 0 Å². The first-order valence-corrected chi connectivity index (χ1v) is 7.18. The van der Waals surface area contributed by atoms with Crippen molar-refractivity contribution in [2.24, 2.45) is 10.7 Å². The largest absolute Gasteiger partial charge is 0.486 e. The zero-order valence-electron chi connectivity index (χ0n) is 12.6. The predicted octanol–water partition coefficient (Wildman–Crippen LogP) is 2.44. The molecule has 0 aliphatic carbocycles. The Morgan fingerprint density at radius 3 is 2.78 bits per heavy atom. The van der Waals surface area contributed by atoms with Crippen molar-refractivity contribution in [2.75, 3.05) is 25.1 Å². The van der Waals surface area contributed by atoms with E-state index in [-0.39, 0.29) is 24.0 Å². The molecule has 0 amide bonds. The van der Waals surface area contributed by atoms with Crippen molar-refractivity contribution in [1.29, 1.82) is 0 Å². The molecule has 0 bridgehead atoms. The number of guanidine groups is 1.